The summed E-state index contributed by atoms with van der Waals surface area (Å²) in [5.74, 6) is 1.56. The molecule has 30 heavy (non-hydrogen) atoms. The molecule has 1 aromatic heterocycles. The zero-order valence-corrected chi connectivity index (χ0v) is 18.1. The summed E-state index contributed by atoms with van der Waals surface area (Å²) >= 11 is 5.91. The number of sulfonamides is 1. The number of benzene rings is 2. The molecule has 10 heteroatoms. The summed E-state index contributed by atoms with van der Waals surface area (Å²) in [7, 11) is -2.24. The zero-order chi connectivity index (χ0) is 21.6. The van der Waals surface area contributed by atoms with E-state index in [-0.39, 0.29) is 4.90 Å². The van der Waals surface area contributed by atoms with Crippen LogP contribution >= 0.6 is 11.6 Å². The Kier molecular flexibility index (Phi) is 7.09. The molecule has 3 rings (SSSR count). The summed E-state index contributed by atoms with van der Waals surface area (Å²) in [5, 5.41) is 6.93. The van der Waals surface area contributed by atoms with Gasteiger partial charge in [-0.15, -0.1) is 0 Å². The predicted molar refractivity (Wildman–Crippen MR) is 119 cm³/mol. The summed E-state index contributed by atoms with van der Waals surface area (Å²) in [4.78, 5) is 8.54. The second-order valence-electron chi connectivity index (χ2n) is 6.26. The fourth-order valence-corrected chi connectivity index (χ4v) is 3.42. The monoisotopic (exact) mass is 447 g/mol. The molecular weight excluding hydrogens is 426 g/mol. The number of nitrogens with one attached hydrogen (secondary N) is 3. The SMILES string of the molecule is CCCOc1ccc(S(=O)(=O)NC)cc1Nc1cc(Nc2ccc(Cl)cc2)ncn1. The molecule has 0 saturated heterocycles. The van der Waals surface area contributed by atoms with Crippen LogP contribution in [-0.2, 0) is 10.0 Å². The van der Waals surface area contributed by atoms with E-state index >= 15 is 0 Å². The van der Waals surface area contributed by atoms with Crippen LogP contribution in [0, 0.1) is 0 Å². The second kappa shape index (κ2) is 9.75. The number of ether oxygens (including phenoxy) is 1. The number of rotatable bonds is 9. The lowest BCUT2D eigenvalue weighted by Gasteiger charge is -2.15. The Balaban J connectivity index is 1.88. The van der Waals surface area contributed by atoms with Crippen LogP contribution in [0.1, 0.15) is 13.3 Å². The summed E-state index contributed by atoms with van der Waals surface area (Å²) in [6.07, 6.45) is 2.22. The van der Waals surface area contributed by atoms with Gasteiger partial charge in [-0.25, -0.2) is 23.1 Å². The molecular formula is C20H22ClN5O3S. The maximum atomic E-state index is 12.2. The Hall–Kier alpha value is -2.88. The molecule has 0 aliphatic heterocycles. The van der Waals surface area contributed by atoms with Crippen molar-refractivity contribution in [3.8, 4) is 5.75 Å². The summed E-state index contributed by atoms with van der Waals surface area (Å²) < 4.78 is 32.4. The number of halogens is 1. The summed E-state index contributed by atoms with van der Waals surface area (Å²) in [5.41, 5.74) is 1.30. The molecule has 8 nitrogen and oxygen atoms in total. The minimum absolute atomic E-state index is 0.116. The quantitative estimate of drug-likeness (QED) is 0.448. The van der Waals surface area contributed by atoms with Gasteiger partial charge in [-0.2, -0.15) is 0 Å². The second-order valence-corrected chi connectivity index (χ2v) is 8.58. The van der Waals surface area contributed by atoms with Crippen molar-refractivity contribution in [1.29, 1.82) is 0 Å². The van der Waals surface area contributed by atoms with E-state index in [1.807, 2.05) is 19.1 Å². The highest BCUT2D eigenvalue weighted by atomic mass is 35.5. The van der Waals surface area contributed by atoms with Gasteiger partial charge in [0, 0.05) is 16.8 Å². The predicted octanol–water partition coefficient (Wildman–Crippen LogP) is 4.31. The first kappa shape index (κ1) is 21.8. The highest BCUT2D eigenvalue weighted by Crippen LogP contribution is 2.31. The molecule has 0 aliphatic carbocycles. The van der Waals surface area contributed by atoms with Gasteiger partial charge in [0.05, 0.1) is 17.2 Å². The number of nitrogens with zero attached hydrogens (tertiary/aromatic N) is 2. The van der Waals surface area contributed by atoms with Crippen molar-refractivity contribution in [3.05, 3.63) is 59.9 Å². The largest absolute Gasteiger partial charge is 0.491 e. The lowest BCUT2D eigenvalue weighted by Crippen LogP contribution is -2.18. The number of aromatic nitrogens is 2. The average Bonchev–Trinajstić information content (AvgIpc) is 2.74. The van der Waals surface area contributed by atoms with E-state index in [9.17, 15) is 8.42 Å². The van der Waals surface area contributed by atoms with Gasteiger partial charge in [0.25, 0.3) is 0 Å². The minimum atomic E-state index is -3.60. The van der Waals surface area contributed by atoms with Gasteiger partial charge in [-0.3, -0.25) is 0 Å². The van der Waals surface area contributed by atoms with E-state index in [1.165, 1.54) is 25.5 Å². The molecule has 0 atom stereocenters. The molecule has 2 aromatic carbocycles. The van der Waals surface area contributed by atoms with Gasteiger partial charge in [-0.1, -0.05) is 18.5 Å². The first-order valence-corrected chi connectivity index (χ1v) is 11.1. The van der Waals surface area contributed by atoms with Crippen LogP contribution in [0.15, 0.2) is 59.8 Å². The molecule has 0 aliphatic rings. The maximum Gasteiger partial charge on any atom is 0.240 e. The molecule has 0 fully saturated rings. The third-order valence-corrected chi connectivity index (χ3v) is 5.70. The van der Waals surface area contributed by atoms with Gasteiger partial charge in [0.15, 0.2) is 0 Å². The van der Waals surface area contributed by atoms with E-state index in [1.54, 1.807) is 24.3 Å². The van der Waals surface area contributed by atoms with Gasteiger partial charge >= 0.3 is 0 Å². The zero-order valence-electron chi connectivity index (χ0n) is 16.5. The molecule has 0 spiro atoms. The van der Waals surface area contributed by atoms with Crippen LogP contribution in [0.3, 0.4) is 0 Å². The Morgan fingerprint density at radius 1 is 1.00 bits per heavy atom. The van der Waals surface area contributed by atoms with Crippen LogP contribution in [0.25, 0.3) is 0 Å². The minimum Gasteiger partial charge on any atom is -0.491 e. The Morgan fingerprint density at radius 3 is 2.37 bits per heavy atom. The molecule has 0 unspecified atom stereocenters. The van der Waals surface area contributed by atoms with Crippen LogP contribution in [-0.4, -0.2) is 32.0 Å². The number of anilines is 4. The van der Waals surface area contributed by atoms with Crippen LogP contribution in [0.5, 0.6) is 5.75 Å². The molecule has 158 valence electrons. The van der Waals surface area contributed by atoms with Crippen molar-refractivity contribution in [3.63, 3.8) is 0 Å². The molecule has 0 bridgehead atoms. The highest BCUT2D eigenvalue weighted by molar-refractivity contribution is 7.89. The van der Waals surface area contributed by atoms with Gasteiger partial charge < -0.3 is 15.4 Å². The van der Waals surface area contributed by atoms with Crippen molar-refractivity contribution in [2.24, 2.45) is 0 Å². The Labute approximate surface area is 180 Å². The van der Waals surface area contributed by atoms with Gasteiger partial charge in [0.2, 0.25) is 10.0 Å². The lowest BCUT2D eigenvalue weighted by molar-refractivity contribution is 0.319. The van der Waals surface area contributed by atoms with Gasteiger partial charge in [-0.05, 0) is 55.9 Å². The van der Waals surface area contributed by atoms with E-state index in [0.717, 1.165) is 12.1 Å². The number of hydrogen-bond donors (Lipinski definition) is 3. The molecule has 0 saturated carbocycles. The summed E-state index contributed by atoms with van der Waals surface area (Å²) in [6.45, 7) is 2.49. The van der Waals surface area contributed by atoms with Crippen molar-refractivity contribution in [2.75, 3.05) is 24.3 Å². The van der Waals surface area contributed by atoms with Crippen LogP contribution in [0.2, 0.25) is 5.02 Å². The van der Waals surface area contributed by atoms with Crippen LogP contribution in [0.4, 0.5) is 23.0 Å². The summed E-state index contributed by atoms with van der Waals surface area (Å²) in [6, 6.07) is 13.5. The molecule has 3 N–H and O–H groups in total. The normalized spacial score (nSPS) is 11.2. The average molecular weight is 448 g/mol. The topological polar surface area (TPSA) is 105 Å². The van der Waals surface area contributed by atoms with Crippen LogP contribution < -0.4 is 20.1 Å². The van der Waals surface area contributed by atoms with Crippen molar-refractivity contribution < 1.29 is 13.2 Å². The third kappa shape index (κ3) is 5.59. The third-order valence-electron chi connectivity index (χ3n) is 4.04. The van der Waals surface area contributed by atoms with Crippen molar-refractivity contribution in [1.82, 2.24) is 14.7 Å². The first-order chi connectivity index (χ1) is 14.4. The number of hydrogen-bond acceptors (Lipinski definition) is 7. The molecule has 1 heterocycles. The van der Waals surface area contributed by atoms with Gasteiger partial charge in [0.1, 0.15) is 23.7 Å². The fraction of sp³-hybridized carbons (Fsp3) is 0.200. The first-order valence-electron chi connectivity index (χ1n) is 9.23. The smallest absolute Gasteiger partial charge is 0.240 e. The van der Waals surface area contributed by atoms with E-state index in [2.05, 4.69) is 25.3 Å². The molecule has 3 aromatic rings. The van der Waals surface area contributed by atoms with E-state index < -0.39 is 10.0 Å². The van der Waals surface area contributed by atoms with E-state index in [4.69, 9.17) is 16.3 Å². The standard InChI is InChI=1S/C20H22ClN5O3S/c1-3-10-29-18-9-8-16(30(27,28)22-2)11-17(18)26-20-12-19(23-13-24-20)25-15-6-4-14(21)5-7-15/h4-9,11-13,22H,3,10H2,1-2H3,(H2,23,24,25,26). The van der Waals surface area contributed by atoms with Crippen molar-refractivity contribution in [2.45, 2.75) is 18.2 Å². The lowest BCUT2D eigenvalue weighted by atomic mass is 10.3. The van der Waals surface area contributed by atoms with E-state index in [0.29, 0.717) is 34.7 Å². The molecule has 0 amide bonds. The Morgan fingerprint density at radius 2 is 1.70 bits per heavy atom. The fourth-order valence-electron chi connectivity index (χ4n) is 2.54. The highest BCUT2D eigenvalue weighted by Gasteiger charge is 2.15. The van der Waals surface area contributed by atoms with Crippen molar-refractivity contribution >= 4 is 44.6 Å². The maximum absolute atomic E-state index is 12.2. The Bertz CT molecular complexity index is 1110. The molecule has 0 radical (unpaired) electrons.